The summed E-state index contributed by atoms with van der Waals surface area (Å²) in [5.41, 5.74) is 2.25. The van der Waals surface area contributed by atoms with Crippen molar-refractivity contribution in [3.63, 3.8) is 0 Å². The van der Waals surface area contributed by atoms with E-state index in [1.165, 1.54) is 11.1 Å². The fourth-order valence-electron chi connectivity index (χ4n) is 8.22. The van der Waals surface area contributed by atoms with Crippen LogP contribution in [0.2, 0.25) is 0 Å². The number of hydrogen-bond donors (Lipinski definition) is 1. The Hall–Kier alpha value is -1.52. The second-order valence-corrected chi connectivity index (χ2v) is 11.6. The Morgan fingerprint density at radius 2 is 2.07 bits per heavy atom. The van der Waals surface area contributed by atoms with Crippen LogP contribution in [0.3, 0.4) is 0 Å². The number of nitrogens with zero attached hydrogens (tertiary/aromatic N) is 1. The quantitative estimate of drug-likeness (QED) is 0.750. The van der Waals surface area contributed by atoms with Gasteiger partial charge in [-0.2, -0.15) is 0 Å². The van der Waals surface area contributed by atoms with Gasteiger partial charge in [0.1, 0.15) is 11.7 Å². The zero-order valence-electron chi connectivity index (χ0n) is 19.0. The highest BCUT2D eigenvalue weighted by Gasteiger charge is 2.79. The second-order valence-electron chi connectivity index (χ2n) is 11.6. The summed E-state index contributed by atoms with van der Waals surface area (Å²) >= 11 is 0. The zero-order chi connectivity index (χ0) is 21.1. The number of fused-ring (bicyclic) bond motifs is 1. The van der Waals surface area contributed by atoms with Gasteiger partial charge in [0.2, 0.25) is 0 Å². The molecule has 1 N–H and O–H groups in total. The summed E-state index contributed by atoms with van der Waals surface area (Å²) < 4.78 is 13.7. The van der Waals surface area contributed by atoms with Crippen LogP contribution in [0.5, 0.6) is 11.5 Å². The number of likely N-dealkylation sites (N-methyl/N-ethyl adjacent to an activating group) is 1. The van der Waals surface area contributed by atoms with Gasteiger partial charge in [0.15, 0.2) is 11.5 Å². The molecule has 0 amide bonds. The van der Waals surface area contributed by atoms with Gasteiger partial charge in [-0.15, -0.1) is 0 Å². The standard InChI is InChI=1S/C26H35NO3/c1-6-13-29-26-10-9-24(15-18(26)23(2,3)4)19-14-16-7-8-17(28)21-20(16)25(24,22(26)30-21)11-12-27(19)5/h7-10,18-19,22,28H,6,11-15H2,1-5H3/t18-,19-,22-,24-,25+,26-/m1/s1. The predicted octanol–water partition coefficient (Wildman–Crippen LogP) is 4.44. The minimum Gasteiger partial charge on any atom is -0.504 e. The Bertz CT molecular complexity index is 948. The maximum Gasteiger partial charge on any atom is 0.165 e. The van der Waals surface area contributed by atoms with Crippen LogP contribution in [0.1, 0.15) is 58.1 Å². The molecule has 4 bridgehead atoms. The van der Waals surface area contributed by atoms with Crippen molar-refractivity contribution in [1.82, 2.24) is 4.90 Å². The summed E-state index contributed by atoms with van der Waals surface area (Å²) in [4.78, 5) is 2.59. The lowest BCUT2D eigenvalue weighted by Gasteiger charge is -2.72. The van der Waals surface area contributed by atoms with Gasteiger partial charge in [-0.1, -0.05) is 45.9 Å². The Morgan fingerprint density at radius 1 is 1.27 bits per heavy atom. The average Bonchev–Trinajstić information content (AvgIpc) is 3.08. The van der Waals surface area contributed by atoms with Crippen LogP contribution < -0.4 is 4.74 Å². The van der Waals surface area contributed by atoms with Crippen LogP contribution in [0.4, 0.5) is 0 Å². The molecule has 1 saturated carbocycles. The van der Waals surface area contributed by atoms with Crippen LogP contribution >= 0.6 is 0 Å². The van der Waals surface area contributed by atoms with Crippen molar-refractivity contribution in [2.24, 2.45) is 16.7 Å². The Kier molecular flexibility index (Phi) is 3.60. The first-order valence-electron chi connectivity index (χ1n) is 11.8. The first kappa shape index (κ1) is 19.2. The van der Waals surface area contributed by atoms with Gasteiger partial charge in [0, 0.05) is 29.5 Å². The van der Waals surface area contributed by atoms with Gasteiger partial charge in [-0.05, 0) is 56.3 Å². The van der Waals surface area contributed by atoms with E-state index in [1.54, 1.807) is 0 Å². The first-order chi connectivity index (χ1) is 14.2. The third kappa shape index (κ3) is 1.89. The third-order valence-electron chi connectivity index (χ3n) is 9.32. The lowest BCUT2D eigenvalue weighted by molar-refractivity contribution is -0.240. The van der Waals surface area contributed by atoms with Crippen LogP contribution in [-0.2, 0) is 16.6 Å². The Balaban J connectivity index is 1.67. The number of likely N-dealkylation sites (tertiary alicyclic amines) is 1. The van der Waals surface area contributed by atoms with E-state index < -0.39 is 5.60 Å². The maximum atomic E-state index is 10.8. The van der Waals surface area contributed by atoms with Crippen LogP contribution in [0.25, 0.3) is 0 Å². The molecule has 2 spiro atoms. The van der Waals surface area contributed by atoms with Crippen molar-refractivity contribution < 1.29 is 14.6 Å². The van der Waals surface area contributed by atoms with E-state index in [1.807, 2.05) is 6.07 Å². The fourth-order valence-corrected chi connectivity index (χ4v) is 8.22. The second kappa shape index (κ2) is 5.63. The number of piperidine rings is 1. The average molecular weight is 410 g/mol. The molecule has 1 aromatic carbocycles. The largest absolute Gasteiger partial charge is 0.504 e. The highest BCUT2D eigenvalue weighted by molar-refractivity contribution is 5.65. The molecule has 4 nitrogen and oxygen atoms in total. The zero-order valence-corrected chi connectivity index (χ0v) is 19.0. The van der Waals surface area contributed by atoms with E-state index in [2.05, 4.69) is 57.9 Å². The molecule has 30 heavy (non-hydrogen) atoms. The van der Waals surface area contributed by atoms with Gasteiger partial charge >= 0.3 is 0 Å². The summed E-state index contributed by atoms with van der Waals surface area (Å²) in [7, 11) is 2.30. The van der Waals surface area contributed by atoms with E-state index in [4.69, 9.17) is 9.47 Å². The molecule has 7 rings (SSSR count). The van der Waals surface area contributed by atoms with Crippen molar-refractivity contribution in [3.8, 4) is 11.5 Å². The summed E-state index contributed by atoms with van der Waals surface area (Å²) in [6.07, 6.45) is 9.07. The molecule has 2 heterocycles. The van der Waals surface area contributed by atoms with Gasteiger partial charge in [-0.3, -0.25) is 0 Å². The van der Waals surface area contributed by atoms with Gasteiger partial charge in [-0.25, -0.2) is 0 Å². The Labute approximate surface area is 180 Å². The van der Waals surface area contributed by atoms with Gasteiger partial charge in [0.25, 0.3) is 0 Å². The first-order valence-corrected chi connectivity index (χ1v) is 11.8. The van der Waals surface area contributed by atoms with Gasteiger partial charge in [0.05, 0.1) is 5.41 Å². The molecule has 1 aromatic rings. The fraction of sp³-hybridized carbons (Fsp3) is 0.692. The summed E-state index contributed by atoms with van der Waals surface area (Å²) in [5.74, 6) is 1.40. The van der Waals surface area contributed by atoms with Crippen molar-refractivity contribution in [3.05, 3.63) is 35.4 Å². The number of hydrogen-bond acceptors (Lipinski definition) is 4. The van der Waals surface area contributed by atoms with Crippen LogP contribution in [0.15, 0.2) is 24.3 Å². The lowest BCUT2D eigenvalue weighted by atomic mass is 9.35. The molecule has 0 aromatic heterocycles. The predicted molar refractivity (Wildman–Crippen MR) is 117 cm³/mol. The number of ether oxygens (including phenoxy) is 2. The molecule has 0 unspecified atom stereocenters. The highest BCUT2D eigenvalue weighted by Crippen LogP contribution is 2.75. The molecule has 6 atom stereocenters. The molecular weight excluding hydrogens is 374 g/mol. The molecule has 6 aliphatic rings. The maximum absolute atomic E-state index is 10.8. The number of aromatic hydroxyl groups is 1. The third-order valence-corrected chi connectivity index (χ3v) is 9.32. The van der Waals surface area contributed by atoms with Crippen LogP contribution in [-0.4, -0.2) is 48.0 Å². The molecule has 4 heteroatoms. The smallest absolute Gasteiger partial charge is 0.165 e. The minimum absolute atomic E-state index is 0.0337. The van der Waals surface area contributed by atoms with Crippen molar-refractivity contribution in [2.75, 3.05) is 20.2 Å². The molecular formula is C26H35NO3. The highest BCUT2D eigenvalue weighted by atomic mass is 16.6. The number of phenols is 1. The van der Waals surface area contributed by atoms with E-state index in [-0.39, 0.29) is 22.3 Å². The Morgan fingerprint density at radius 3 is 2.80 bits per heavy atom. The number of rotatable bonds is 3. The molecule has 1 saturated heterocycles. The molecule has 162 valence electrons. The number of benzene rings is 1. The molecule has 2 fully saturated rings. The van der Waals surface area contributed by atoms with Crippen molar-refractivity contribution in [2.45, 2.75) is 76.5 Å². The monoisotopic (exact) mass is 409 g/mol. The van der Waals surface area contributed by atoms with E-state index in [9.17, 15) is 5.11 Å². The molecule has 2 aliphatic heterocycles. The summed E-state index contributed by atoms with van der Waals surface area (Å²) in [5, 5.41) is 10.8. The summed E-state index contributed by atoms with van der Waals surface area (Å²) in [6, 6.07) is 4.45. The summed E-state index contributed by atoms with van der Waals surface area (Å²) in [6.45, 7) is 11.1. The van der Waals surface area contributed by atoms with Crippen LogP contribution in [0, 0.1) is 16.7 Å². The van der Waals surface area contributed by atoms with Crippen molar-refractivity contribution >= 4 is 0 Å². The van der Waals surface area contributed by atoms with Gasteiger partial charge < -0.3 is 19.5 Å². The molecule has 0 radical (unpaired) electrons. The normalized spacial score (nSPS) is 42.9. The number of phenolic OH excluding ortho intramolecular Hbond substituents is 1. The lowest BCUT2D eigenvalue weighted by Crippen LogP contribution is -2.80. The molecule has 4 aliphatic carbocycles. The minimum atomic E-state index is -0.448. The topological polar surface area (TPSA) is 41.9 Å². The van der Waals surface area contributed by atoms with E-state index >= 15 is 0 Å². The van der Waals surface area contributed by atoms with E-state index in [0.717, 1.165) is 44.6 Å². The van der Waals surface area contributed by atoms with E-state index in [0.29, 0.717) is 17.7 Å². The van der Waals surface area contributed by atoms with Crippen molar-refractivity contribution in [1.29, 1.82) is 0 Å². The SMILES string of the molecule is CCCO[C@]12C=C[C@@]3(C[C@@H]1C(C)(C)C)[C@H]1Cc4ccc(O)c5c4[C@@]3(CCN1C)[C@H]2O5.